The number of thioether (sulfide) groups is 1. The molecule has 8 nitrogen and oxygen atoms in total. The quantitative estimate of drug-likeness (QED) is 0.139. The summed E-state index contributed by atoms with van der Waals surface area (Å²) in [4.78, 5) is 16.4. The smallest absolute Gasteiger partial charge is 0.224 e. The summed E-state index contributed by atoms with van der Waals surface area (Å²) < 4.78 is 40.8. The fourth-order valence-corrected chi connectivity index (χ4v) is 5.49. The molecule has 0 fully saturated rings. The fraction of sp³-hybridized carbons (Fsp3) is 0.259. The molecule has 0 aliphatic heterocycles. The second-order valence-electron chi connectivity index (χ2n) is 8.34. The van der Waals surface area contributed by atoms with E-state index in [4.69, 9.17) is 49.1 Å². The van der Waals surface area contributed by atoms with Crippen molar-refractivity contribution in [2.45, 2.75) is 55.4 Å². The van der Waals surface area contributed by atoms with E-state index in [0.717, 1.165) is 10.6 Å². The molecule has 41 heavy (non-hydrogen) atoms. The Bertz CT molecular complexity index is 1670. The number of nitrogens with one attached hydrogen (secondary N) is 2. The summed E-state index contributed by atoms with van der Waals surface area (Å²) in [5.41, 5.74) is 1.09. The van der Waals surface area contributed by atoms with Crippen LogP contribution in [0.5, 0.6) is 0 Å². The molecule has 0 amide bonds. The molecule has 4 rings (SSSR count). The number of nitrogens with zero attached hydrogens (tertiary/aromatic N) is 4. The molecule has 0 unspecified atom stereocenters. The molecule has 220 valence electrons. The zero-order valence-electron chi connectivity index (χ0n) is 23.7. The predicted octanol–water partition coefficient (Wildman–Crippen LogP) is 9.37. The van der Waals surface area contributed by atoms with E-state index < -0.39 is 20.3 Å². The third kappa shape index (κ3) is 9.87. The normalized spacial score (nSPS) is 12.2. The standard InChI is InChI=1S/C13H13Cl2N3O2S.C13H13Cl2N3S.CH4/c1-8(2)21(19,20)11-6-4-3-5-10(11)17-12-9(14)7-16-13(15)18-12;1-8(2)19-11-6-4-3-5-10(11)17-12-9(14)7-16-13(15)18-12;/h3-8H,1-2H3,(H,16,17,18);3-8H,1-2H3,(H,16,17,18);1H4/i2*8D;. The first-order chi connectivity index (χ1) is 19.5. The summed E-state index contributed by atoms with van der Waals surface area (Å²) in [5, 5.41) is 4.34. The van der Waals surface area contributed by atoms with Crippen LogP contribution in [0.25, 0.3) is 0 Å². The van der Waals surface area contributed by atoms with Crippen molar-refractivity contribution in [3.05, 3.63) is 81.5 Å². The molecule has 2 heterocycles. The lowest BCUT2D eigenvalue weighted by molar-refractivity contribution is 0.588. The molecule has 0 aliphatic rings. The number of sulfone groups is 1. The number of benzene rings is 2. The van der Waals surface area contributed by atoms with Gasteiger partial charge in [0.2, 0.25) is 10.6 Å². The summed E-state index contributed by atoms with van der Waals surface area (Å²) in [5.74, 6) is 0.634. The molecule has 0 saturated heterocycles. The molecule has 2 N–H and O–H groups in total. The van der Waals surface area contributed by atoms with E-state index in [1.54, 1.807) is 18.2 Å². The first-order valence-corrected chi connectivity index (χ1v) is 15.3. The number of para-hydroxylation sites is 2. The van der Waals surface area contributed by atoms with Crippen LogP contribution in [0.4, 0.5) is 23.0 Å². The van der Waals surface area contributed by atoms with Gasteiger partial charge in [-0.05, 0) is 61.3 Å². The summed E-state index contributed by atoms with van der Waals surface area (Å²) >= 11 is 24.9. The van der Waals surface area contributed by atoms with Crippen LogP contribution in [-0.4, -0.2) is 38.8 Å². The molecule has 4 aromatic rings. The van der Waals surface area contributed by atoms with Crippen molar-refractivity contribution in [2.24, 2.45) is 0 Å². The first kappa shape index (κ1) is 31.6. The minimum absolute atomic E-state index is 0. The minimum atomic E-state index is -3.87. The zero-order valence-corrected chi connectivity index (χ0v) is 26.4. The maximum Gasteiger partial charge on any atom is 0.224 e. The third-order valence-electron chi connectivity index (χ3n) is 4.85. The van der Waals surface area contributed by atoms with Gasteiger partial charge in [-0.3, -0.25) is 0 Å². The van der Waals surface area contributed by atoms with Crippen molar-refractivity contribution in [2.75, 3.05) is 10.6 Å². The Morgan fingerprint density at radius 1 is 0.780 bits per heavy atom. The fourth-order valence-electron chi connectivity index (χ4n) is 3.02. The lowest BCUT2D eigenvalue weighted by Gasteiger charge is -2.14. The van der Waals surface area contributed by atoms with Gasteiger partial charge in [-0.1, -0.05) is 68.7 Å². The van der Waals surface area contributed by atoms with Crippen LogP contribution >= 0.6 is 58.2 Å². The van der Waals surface area contributed by atoms with Crippen molar-refractivity contribution < 1.29 is 11.2 Å². The van der Waals surface area contributed by atoms with Gasteiger partial charge >= 0.3 is 0 Å². The molecule has 0 saturated carbocycles. The topological polar surface area (TPSA) is 110 Å². The highest BCUT2D eigenvalue weighted by atomic mass is 35.5. The van der Waals surface area contributed by atoms with Gasteiger partial charge in [-0.25, -0.2) is 18.4 Å². The Morgan fingerprint density at radius 3 is 1.76 bits per heavy atom. The summed E-state index contributed by atoms with van der Waals surface area (Å²) in [6.45, 7) is 6.30. The molecular weight excluding hydrogens is 646 g/mol. The number of anilines is 4. The summed E-state index contributed by atoms with van der Waals surface area (Å²) in [6, 6.07) is 13.9. The molecule has 2 aromatic heterocycles. The molecular formula is C27H30Cl4N6O2S2. The van der Waals surface area contributed by atoms with E-state index in [2.05, 4.69) is 30.6 Å². The number of hydrogen-bond donors (Lipinski definition) is 2. The second-order valence-corrected chi connectivity index (χ2v) is 13.5. The molecule has 0 atom stereocenters. The Labute approximate surface area is 268 Å². The SMILES string of the molecule is C.[2H]C(C)(C)S(=O)(=O)c1ccccc1Nc1nc(Cl)ncc1Cl.[2H]C(C)(C)Sc1ccccc1Nc1nc(Cl)ncc1Cl. The average Bonchev–Trinajstić information content (AvgIpc) is 2.89. The van der Waals surface area contributed by atoms with Crippen molar-refractivity contribution >= 4 is 91.0 Å². The van der Waals surface area contributed by atoms with Crippen LogP contribution in [0.2, 0.25) is 20.6 Å². The number of halogens is 4. The van der Waals surface area contributed by atoms with E-state index >= 15 is 0 Å². The molecule has 0 spiro atoms. The van der Waals surface area contributed by atoms with Crippen LogP contribution in [0.3, 0.4) is 0 Å². The van der Waals surface area contributed by atoms with Crippen LogP contribution < -0.4 is 10.6 Å². The first-order valence-electron chi connectivity index (χ1n) is 12.5. The molecule has 0 radical (unpaired) electrons. The minimum Gasteiger partial charge on any atom is -0.338 e. The van der Waals surface area contributed by atoms with Crippen LogP contribution in [0, 0.1) is 0 Å². The zero-order chi connectivity index (χ0) is 31.3. The van der Waals surface area contributed by atoms with Gasteiger partial charge < -0.3 is 10.6 Å². The van der Waals surface area contributed by atoms with Crippen LogP contribution in [0.1, 0.15) is 37.9 Å². The summed E-state index contributed by atoms with van der Waals surface area (Å²) in [6.07, 6.45) is 2.76. The average molecular weight is 679 g/mol. The molecule has 14 heteroatoms. The van der Waals surface area contributed by atoms with Gasteiger partial charge in [0.1, 0.15) is 10.0 Å². The van der Waals surface area contributed by atoms with Gasteiger partial charge in [0.15, 0.2) is 21.5 Å². The lowest BCUT2D eigenvalue weighted by Crippen LogP contribution is -2.15. The maximum absolute atomic E-state index is 12.5. The number of hydrogen-bond acceptors (Lipinski definition) is 9. The largest absolute Gasteiger partial charge is 0.338 e. The van der Waals surface area contributed by atoms with E-state index in [9.17, 15) is 8.42 Å². The lowest BCUT2D eigenvalue weighted by atomic mass is 10.3. The van der Waals surface area contributed by atoms with Gasteiger partial charge in [-0.15, -0.1) is 11.8 Å². The van der Waals surface area contributed by atoms with Crippen LogP contribution in [0.15, 0.2) is 70.7 Å². The van der Waals surface area contributed by atoms with Gasteiger partial charge in [0.05, 0.1) is 33.9 Å². The van der Waals surface area contributed by atoms with E-state index in [1.807, 2.05) is 38.1 Å². The molecule has 0 bridgehead atoms. The van der Waals surface area contributed by atoms with Gasteiger partial charge in [-0.2, -0.15) is 9.97 Å². The molecule has 2 aromatic carbocycles. The van der Waals surface area contributed by atoms with E-state index in [0.29, 0.717) is 10.8 Å². The second kappa shape index (κ2) is 15.8. The van der Waals surface area contributed by atoms with Gasteiger partial charge in [0, 0.05) is 12.9 Å². The van der Waals surface area contributed by atoms with Crippen LogP contribution in [-0.2, 0) is 9.84 Å². The Hall–Kier alpha value is -2.34. The van der Waals surface area contributed by atoms with E-state index in [1.165, 1.54) is 44.1 Å². The number of rotatable bonds is 8. The predicted molar refractivity (Wildman–Crippen MR) is 174 cm³/mol. The number of aromatic nitrogens is 4. The molecule has 0 aliphatic carbocycles. The Kier molecular flexibility index (Phi) is 12.1. The van der Waals surface area contributed by atoms with Crippen molar-refractivity contribution in [1.82, 2.24) is 19.9 Å². The third-order valence-corrected chi connectivity index (χ3v) is 8.76. The highest BCUT2D eigenvalue weighted by Gasteiger charge is 2.23. The Morgan fingerprint density at radius 2 is 1.24 bits per heavy atom. The van der Waals surface area contributed by atoms with Crippen molar-refractivity contribution in [3.8, 4) is 0 Å². The Balaban J connectivity index is 0.000000295. The summed E-state index contributed by atoms with van der Waals surface area (Å²) in [7, 11) is -3.87. The maximum atomic E-state index is 12.5. The highest BCUT2D eigenvalue weighted by Crippen LogP contribution is 2.33. The highest BCUT2D eigenvalue weighted by molar-refractivity contribution is 8.00. The van der Waals surface area contributed by atoms with Gasteiger partial charge in [0.25, 0.3) is 0 Å². The van der Waals surface area contributed by atoms with Crippen molar-refractivity contribution in [3.63, 3.8) is 0 Å². The van der Waals surface area contributed by atoms with Crippen molar-refractivity contribution in [1.29, 1.82) is 0 Å². The monoisotopic (exact) mass is 676 g/mol. The van der Waals surface area contributed by atoms with E-state index in [-0.39, 0.29) is 39.4 Å².